The van der Waals surface area contributed by atoms with E-state index in [-0.39, 0.29) is 12.1 Å². The van der Waals surface area contributed by atoms with Crippen molar-refractivity contribution in [2.75, 3.05) is 18.6 Å². The third-order valence-electron chi connectivity index (χ3n) is 1.31. The van der Waals surface area contributed by atoms with Gasteiger partial charge in [0.15, 0.2) is 0 Å². The summed E-state index contributed by atoms with van der Waals surface area (Å²) in [6, 6.07) is -0.00260. The Morgan fingerprint density at radius 1 is 1.46 bits per heavy atom. The summed E-state index contributed by atoms with van der Waals surface area (Å²) in [5, 5.41) is 5.39. The highest BCUT2D eigenvalue weighted by Crippen LogP contribution is 1.82. The van der Waals surface area contributed by atoms with Crippen LogP contribution in [0.2, 0.25) is 0 Å². The van der Waals surface area contributed by atoms with Crippen molar-refractivity contribution >= 4 is 16.8 Å². The first-order valence-corrected chi connectivity index (χ1v) is 6.09. The van der Waals surface area contributed by atoms with Crippen LogP contribution in [0.4, 0.5) is 4.79 Å². The number of carbonyl (C=O) groups excluding carboxylic acids is 1. The summed E-state index contributed by atoms with van der Waals surface area (Å²) in [5.41, 5.74) is 0. The van der Waals surface area contributed by atoms with E-state index in [0.29, 0.717) is 12.3 Å². The van der Waals surface area contributed by atoms with E-state index in [4.69, 9.17) is 0 Å². The maximum atomic E-state index is 11.0. The van der Waals surface area contributed by atoms with Crippen LogP contribution in [0.15, 0.2) is 0 Å². The van der Waals surface area contributed by atoms with Crippen molar-refractivity contribution < 1.29 is 9.00 Å². The molecule has 0 heterocycles. The van der Waals surface area contributed by atoms with E-state index in [1.165, 1.54) is 0 Å². The average Bonchev–Trinajstić information content (AvgIpc) is 1.96. The van der Waals surface area contributed by atoms with Crippen LogP contribution in [0.1, 0.15) is 20.3 Å². The molecule has 4 nitrogen and oxygen atoms in total. The van der Waals surface area contributed by atoms with Crippen molar-refractivity contribution in [2.45, 2.75) is 26.3 Å². The number of carbonyl (C=O) groups is 1. The van der Waals surface area contributed by atoms with Gasteiger partial charge in [0.25, 0.3) is 0 Å². The standard InChI is InChI=1S/C8H18N2O2S/c1-7(2)10-8(11)9-5-4-6-13(3)12/h7H,4-6H2,1-3H3,(H2,9,10,11). The fourth-order valence-electron chi connectivity index (χ4n) is 0.791. The number of nitrogens with one attached hydrogen (secondary N) is 2. The summed E-state index contributed by atoms with van der Waals surface area (Å²) in [5.74, 6) is 0.641. The predicted octanol–water partition coefficient (Wildman–Crippen LogP) is 0.463. The minimum absolute atomic E-state index is 0.153. The van der Waals surface area contributed by atoms with Crippen LogP contribution >= 0.6 is 0 Å². The summed E-state index contributed by atoms with van der Waals surface area (Å²) in [4.78, 5) is 11.0. The van der Waals surface area contributed by atoms with Gasteiger partial charge in [-0.3, -0.25) is 4.21 Å². The van der Waals surface area contributed by atoms with Gasteiger partial charge in [-0.2, -0.15) is 0 Å². The van der Waals surface area contributed by atoms with Gasteiger partial charge >= 0.3 is 6.03 Å². The number of hydrogen-bond donors (Lipinski definition) is 2. The normalized spacial score (nSPS) is 12.6. The maximum Gasteiger partial charge on any atom is 0.314 e. The van der Waals surface area contributed by atoms with Crippen molar-refractivity contribution in [2.24, 2.45) is 0 Å². The molecule has 1 atom stereocenters. The van der Waals surface area contributed by atoms with Crippen molar-refractivity contribution in [3.8, 4) is 0 Å². The third kappa shape index (κ3) is 9.33. The Kier molecular flexibility index (Phi) is 6.58. The lowest BCUT2D eigenvalue weighted by Crippen LogP contribution is -2.40. The molecule has 0 rings (SSSR count). The molecule has 0 aromatic rings. The Morgan fingerprint density at radius 3 is 2.54 bits per heavy atom. The lowest BCUT2D eigenvalue weighted by molar-refractivity contribution is 0.238. The summed E-state index contributed by atoms with van der Waals surface area (Å²) >= 11 is 0. The van der Waals surface area contributed by atoms with Crippen LogP contribution in [0.5, 0.6) is 0 Å². The van der Waals surface area contributed by atoms with Crippen molar-refractivity contribution in [3.63, 3.8) is 0 Å². The molecule has 13 heavy (non-hydrogen) atoms. The zero-order valence-corrected chi connectivity index (χ0v) is 9.24. The van der Waals surface area contributed by atoms with E-state index in [2.05, 4.69) is 10.6 Å². The first kappa shape index (κ1) is 12.4. The molecule has 5 heteroatoms. The second-order valence-electron chi connectivity index (χ2n) is 3.19. The number of amides is 2. The Balaban J connectivity index is 3.32. The van der Waals surface area contributed by atoms with E-state index in [0.717, 1.165) is 6.42 Å². The molecule has 0 aromatic carbocycles. The summed E-state index contributed by atoms with van der Waals surface area (Å²) in [6.07, 6.45) is 2.42. The molecule has 0 saturated carbocycles. The molecule has 2 N–H and O–H groups in total. The van der Waals surface area contributed by atoms with E-state index < -0.39 is 10.8 Å². The molecular formula is C8H18N2O2S. The van der Waals surface area contributed by atoms with Gasteiger partial charge < -0.3 is 10.6 Å². The molecule has 0 bridgehead atoms. The molecule has 1 unspecified atom stereocenters. The first-order chi connectivity index (χ1) is 6.02. The fraction of sp³-hybridized carbons (Fsp3) is 0.875. The third-order valence-corrected chi connectivity index (χ3v) is 2.18. The van der Waals surface area contributed by atoms with Crippen LogP contribution in [0, 0.1) is 0 Å². The molecule has 0 saturated heterocycles. The first-order valence-electron chi connectivity index (χ1n) is 4.36. The summed E-state index contributed by atoms with van der Waals surface area (Å²) in [7, 11) is -0.763. The van der Waals surface area contributed by atoms with Gasteiger partial charge in [-0.05, 0) is 20.3 Å². The highest BCUT2D eigenvalue weighted by atomic mass is 32.2. The van der Waals surface area contributed by atoms with Crippen LogP contribution < -0.4 is 10.6 Å². The molecule has 0 fully saturated rings. The smallest absolute Gasteiger partial charge is 0.314 e. The number of rotatable bonds is 5. The van der Waals surface area contributed by atoms with Gasteiger partial charge in [0.2, 0.25) is 0 Å². The summed E-state index contributed by atoms with van der Waals surface area (Å²) < 4.78 is 10.6. The predicted molar refractivity (Wildman–Crippen MR) is 55.2 cm³/mol. The Labute approximate surface area is 81.9 Å². The van der Waals surface area contributed by atoms with Gasteiger partial charge in [-0.15, -0.1) is 0 Å². The summed E-state index contributed by atoms with van der Waals surface area (Å²) in [6.45, 7) is 4.39. The second-order valence-corrected chi connectivity index (χ2v) is 4.74. The fourth-order valence-corrected chi connectivity index (χ4v) is 1.34. The van der Waals surface area contributed by atoms with Crippen LogP contribution in [0.25, 0.3) is 0 Å². The van der Waals surface area contributed by atoms with E-state index >= 15 is 0 Å². The number of urea groups is 1. The van der Waals surface area contributed by atoms with Crippen molar-refractivity contribution in [1.82, 2.24) is 10.6 Å². The van der Waals surface area contributed by atoms with Crippen LogP contribution in [0.3, 0.4) is 0 Å². The minimum Gasteiger partial charge on any atom is -0.338 e. The molecular weight excluding hydrogens is 188 g/mol. The zero-order chi connectivity index (χ0) is 10.3. The lowest BCUT2D eigenvalue weighted by atomic mass is 10.4. The van der Waals surface area contributed by atoms with Crippen LogP contribution in [-0.2, 0) is 10.8 Å². The van der Waals surface area contributed by atoms with E-state index in [1.54, 1.807) is 6.26 Å². The van der Waals surface area contributed by atoms with Crippen LogP contribution in [-0.4, -0.2) is 34.8 Å². The highest BCUT2D eigenvalue weighted by molar-refractivity contribution is 7.84. The molecule has 2 amide bonds. The monoisotopic (exact) mass is 206 g/mol. The van der Waals surface area contributed by atoms with Crippen molar-refractivity contribution in [1.29, 1.82) is 0 Å². The SMILES string of the molecule is CC(C)NC(=O)NCCCS(C)=O. The Bertz CT molecular complexity index is 183. The van der Waals surface area contributed by atoms with E-state index in [1.807, 2.05) is 13.8 Å². The average molecular weight is 206 g/mol. The molecule has 78 valence electrons. The maximum absolute atomic E-state index is 11.0. The van der Waals surface area contributed by atoms with Gasteiger partial charge in [0, 0.05) is 35.4 Å². The van der Waals surface area contributed by atoms with Crippen molar-refractivity contribution in [3.05, 3.63) is 0 Å². The van der Waals surface area contributed by atoms with E-state index in [9.17, 15) is 9.00 Å². The topological polar surface area (TPSA) is 58.2 Å². The minimum atomic E-state index is -0.763. The lowest BCUT2D eigenvalue weighted by Gasteiger charge is -2.09. The Morgan fingerprint density at radius 2 is 2.08 bits per heavy atom. The molecule has 0 aliphatic carbocycles. The molecule has 0 aromatic heterocycles. The quantitative estimate of drug-likeness (QED) is 0.642. The molecule has 0 aliphatic heterocycles. The molecule has 0 aliphatic rings. The largest absolute Gasteiger partial charge is 0.338 e. The van der Waals surface area contributed by atoms with Gasteiger partial charge in [0.05, 0.1) is 0 Å². The highest BCUT2D eigenvalue weighted by Gasteiger charge is 2.00. The Hall–Kier alpha value is -0.580. The molecule has 0 radical (unpaired) electrons. The number of hydrogen-bond acceptors (Lipinski definition) is 2. The zero-order valence-electron chi connectivity index (χ0n) is 8.42. The second kappa shape index (κ2) is 6.88. The van der Waals surface area contributed by atoms with Gasteiger partial charge in [0.1, 0.15) is 0 Å². The molecule has 0 spiro atoms. The van der Waals surface area contributed by atoms with Gasteiger partial charge in [-0.1, -0.05) is 0 Å². The van der Waals surface area contributed by atoms with Gasteiger partial charge in [-0.25, -0.2) is 4.79 Å².